The Hall–Kier alpha value is -1.36. The third-order valence-corrected chi connectivity index (χ3v) is 5.22. The van der Waals surface area contributed by atoms with E-state index in [0.717, 1.165) is 18.4 Å². The van der Waals surface area contributed by atoms with Gasteiger partial charge in [-0.1, -0.05) is 30.3 Å². The largest absolute Gasteiger partial charge is 0.481 e. The van der Waals surface area contributed by atoms with Crippen LogP contribution in [-0.2, 0) is 14.6 Å². The van der Waals surface area contributed by atoms with Crippen molar-refractivity contribution in [2.75, 3.05) is 11.5 Å². The third-order valence-electron chi connectivity index (χ3n) is 3.33. The van der Waals surface area contributed by atoms with Crippen molar-refractivity contribution in [3.8, 4) is 0 Å². The first-order chi connectivity index (χ1) is 8.96. The van der Waals surface area contributed by atoms with Crippen molar-refractivity contribution in [1.82, 2.24) is 0 Å². The lowest BCUT2D eigenvalue weighted by Crippen LogP contribution is -2.20. The highest BCUT2D eigenvalue weighted by Gasteiger charge is 2.30. The van der Waals surface area contributed by atoms with Gasteiger partial charge in [0.25, 0.3) is 0 Å². The summed E-state index contributed by atoms with van der Waals surface area (Å²) < 4.78 is 24.1. The van der Waals surface area contributed by atoms with Crippen molar-refractivity contribution >= 4 is 15.8 Å². The zero-order chi connectivity index (χ0) is 13.9. The molecule has 0 saturated heterocycles. The predicted octanol–water partition coefficient (Wildman–Crippen LogP) is 2.07. The third kappa shape index (κ3) is 4.67. The minimum absolute atomic E-state index is 0.0696. The average molecular weight is 282 g/mol. The normalized spacial score (nSPS) is 17.1. The zero-order valence-corrected chi connectivity index (χ0v) is 11.5. The Morgan fingerprint density at radius 1 is 1.26 bits per heavy atom. The standard InChI is InChI=1S/C14H18O4S/c15-14(16)8-13(12-4-2-1-3-5-12)10-19(17,18)9-11-6-7-11/h1-5,11,13H,6-10H2,(H,15,16). The highest BCUT2D eigenvalue weighted by molar-refractivity contribution is 7.91. The number of carboxylic acid groups (broad SMARTS) is 1. The Morgan fingerprint density at radius 3 is 2.42 bits per heavy atom. The van der Waals surface area contributed by atoms with Gasteiger partial charge in [-0.15, -0.1) is 0 Å². The fourth-order valence-corrected chi connectivity index (χ4v) is 4.34. The number of hydrogen-bond acceptors (Lipinski definition) is 3. The molecule has 0 aromatic heterocycles. The molecule has 1 aromatic rings. The molecule has 1 aliphatic rings. The summed E-state index contributed by atoms with van der Waals surface area (Å²) >= 11 is 0. The van der Waals surface area contributed by atoms with Crippen LogP contribution in [0.5, 0.6) is 0 Å². The molecule has 0 aliphatic heterocycles. The molecule has 0 radical (unpaired) electrons. The minimum Gasteiger partial charge on any atom is -0.481 e. The Labute approximate surface area is 113 Å². The monoisotopic (exact) mass is 282 g/mol. The van der Waals surface area contributed by atoms with Crippen LogP contribution in [0.15, 0.2) is 30.3 Å². The van der Waals surface area contributed by atoms with Crippen LogP contribution in [0.2, 0.25) is 0 Å². The molecule has 1 fully saturated rings. The molecule has 0 heterocycles. The molecular formula is C14H18O4S. The molecule has 1 unspecified atom stereocenters. The van der Waals surface area contributed by atoms with Crippen LogP contribution in [0, 0.1) is 5.92 Å². The molecule has 1 aromatic carbocycles. The van der Waals surface area contributed by atoms with E-state index in [4.69, 9.17) is 5.11 Å². The van der Waals surface area contributed by atoms with E-state index in [2.05, 4.69) is 0 Å². The van der Waals surface area contributed by atoms with E-state index in [9.17, 15) is 13.2 Å². The van der Waals surface area contributed by atoms with Gasteiger partial charge in [0, 0.05) is 5.92 Å². The lowest BCUT2D eigenvalue weighted by molar-refractivity contribution is -0.137. The van der Waals surface area contributed by atoms with Crippen molar-refractivity contribution in [1.29, 1.82) is 0 Å². The van der Waals surface area contributed by atoms with Crippen molar-refractivity contribution in [2.45, 2.75) is 25.2 Å². The molecule has 104 valence electrons. The maximum Gasteiger partial charge on any atom is 0.303 e. The van der Waals surface area contributed by atoms with Gasteiger partial charge in [0.15, 0.2) is 9.84 Å². The summed E-state index contributed by atoms with van der Waals surface area (Å²) in [5.74, 6) is -0.986. The summed E-state index contributed by atoms with van der Waals surface area (Å²) in [6.07, 6.45) is 1.82. The van der Waals surface area contributed by atoms with Gasteiger partial charge in [0.2, 0.25) is 0 Å². The Balaban J connectivity index is 2.11. The van der Waals surface area contributed by atoms with Crippen molar-refractivity contribution in [3.63, 3.8) is 0 Å². The minimum atomic E-state index is -3.17. The van der Waals surface area contributed by atoms with Gasteiger partial charge in [-0.05, 0) is 24.3 Å². The smallest absolute Gasteiger partial charge is 0.303 e. The van der Waals surface area contributed by atoms with E-state index in [1.54, 1.807) is 24.3 Å². The van der Waals surface area contributed by atoms with Gasteiger partial charge in [-0.2, -0.15) is 0 Å². The van der Waals surface area contributed by atoms with Crippen LogP contribution in [0.3, 0.4) is 0 Å². The number of benzene rings is 1. The number of sulfone groups is 1. The van der Waals surface area contributed by atoms with Crippen LogP contribution in [0.25, 0.3) is 0 Å². The number of hydrogen-bond donors (Lipinski definition) is 1. The van der Waals surface area contributed by atoms with E-state index in [0.29, 0.717) is 5.92 Å². The predicted molar refractivity (Wildman–Crippen MR) is 72.8 cm³/mol. The van der Waals surface area contributed by atoms with Gasteiger partial charge in [-0.3, -0.25) is 4.79 Å². The fraction of sp³-hybridized carbons (Fsp3) is 0.500. The number of carboxylic acids is 1. The topological polar surface area (TPSA) is 71.4 Å². The van der Waals surface area contributed by atoms with Gasteiger partial charge in [-0.25, -0.2) is 8.42 Å². The first kappa shape index (κ1) is 14.1. The Bertz CT molecular complexity index is 532. The lowest BCUT2D eigenvalue weighted by Gasteiger charge is -2.15. The van der Waals surface area contributed by atoms with E-state index in [-0.39, 0.29) is 17.9 Å². The van der Waals surface area contributed by atoms with Gasteiger partial charge >= 0.3 is 5.97 Å². The van der Waals surface area contributed by atoms with E-state index < -0.39 is 21.7 Å². The van der Waals surface area contributed by atoms with Crippen molar-refractivity contribution < 1.29 is 18.3 Å². The Morgan fingerprint density at radius 2 is 1.89 bits per heavy atom. The molecule has 1 saturated carbocycles. The molecule has 1 aliphatic carbocycles. The average Bonchev–Trinajstić information content (AvgIpc) is 3.11. The van der Waals surface area contributed by atoms with E-state index in [1.807, 2.05) is 6.07 Å². The van der Waals surface area contributed by atoms with Gasteiger partial charge in [0.1, 0.15) is 0 Å². The zero-order valence-electron chi connectivity index (χ0n) is 10.7. The fourth-order valence-electron chi connectivity index (χ4n) is 2.23. The molecule has 0 bridgehead atoms. The molecule has 4 nitrogen and oxygen atoms in total. The first-order valence-corrected chi connectivity index (χ1v) is 8.25. The molecular weight excluding hydrogens is 264 g/mol. The van der Waals surface area contributed by atoms with Crippen LogP contribution >= 0.6 is 0 Å². The second-order valence-electron chi connectivity index (χ2n) is 5.23. The number of carbonyl (C=O) groups is 1. The van der Waals surface area contributed by atoms with Crippen molar-refractivity contribution in [2.24, 2.45) is 5.92 Å². The summed E-state index contributed by atoms with van der Waals surface area (Å²) in [4.78, 5) is 10.9. The molecule has 1 N–H and O–H groups in total. The van der Waals surface area contributed by atoms with E-state index in [1.165, 1.54) is 0 Å². The van der Waals surface area contributed by atoms with Crippen LogP contribution in [-0.4, -0.2) is 31.0 Å². The molecule has 0 amide bonds. The quantitative estimate of drug-likeness (QED) is 0.831. The summed E-state index contributed by atoms with van der Waals surface area (Å²) in [7, 11) is -3.17. The lowest BCUT2D eigenvalue weighted by atomic mass is 9.98. The van der Waals surface area contributed by atoms with Crippen LogP contribution in [0.4, 0.5) is 0 Å². The molecule has 1 atom stereocenters. The molecule has 5 heteroatoms. The highest BCUT2D eigenvalue weighted by Crippen LogP contribution is 2.32. The van der Waals surface area contributed by atoms with Gasteiger partial charge in [0.05, 0.1) is 17.9 Å². The van der Waals surface area contributed by atoms with Gasteiger partial charge < -0.3 is 5.11 Å². The highest BCUT2D eigenvalue weighted by atomic mass is 32.2. The molecule has 2 rings (SSSR count). The van der Waals surface area contributed by atoms with Crippen molar-refractivity contribution in [3.05, 3.63) is 35.9 Å². The second kappa shape index (κ2) is 5.74. The first-order valence-electron chi connectivity index (χ1n) is 6.43. The Kier molecular flexibility index (Phi) is 4.24. The van der Waals surface area contributed by atoms with Crippen LogP contribution < -0.4 is 0 Å². The SMILES string of the molecule is O=C(O)CC(CS(=O)(=O)CC1CC1)c1ccccc1. The van der Waals surface area contributed by atoms with Crippen LogP contribution in [0.1, 0.15) is 30.7 Å². The maximum atomic E-state index is 12.1. The van der Waals surface area contributed by atoms with E-state index >= 15 is 0 Å². The summed E-state index contributed by atoms with van der Waals surface area (Å²) in [6.45, 7) is 0. The second-order valence-corrected chi connectivity index (χ2v) is 7.38. The summed E-state index contributed by atoms with van der Waals surface area (Å²) in [5.41, 5.74) is 0.782. The maximum absolute atomic E-state index is 12.1. The summed E-state index contributed by atoms with van der Waals surface area (Å²) in [5, 5.41) is 8.94. The summed E-state index contributed by atoms with van der Waals surface area (Å²) in [6, 6.07) is 9.02. The molecule has 19 heavy (non-hydrogen) atoms. The number of rotatable bonds is 7. The molecule has 0 spiro atoms. The number of aliphatic carboxylic acids is 1.